The fourth-order valence-corrected chi connectivity index (χ4v) is 2.98. The van der Waals surface area contributed by atoms with E-state index in [0.717, 1.165) is 43.7 Å². The Morgan fingerprint density at radius 1 is 1.36 bits per heavy atom. The van der Waals surface area contributed by atoms with E-state index >= 15 is 0 Å². The molecule has 0 bridgehead atoms. The van der Waals surface area contributed by atoms with Crippen LogP contribution >= 0.6 is 12.4 Å². The molecular weight excluding hydrogens is 300 g/mol. The van der Waals surface area contributed by atoms with Crippen LogP contribution in [0.1, 0.15) is 31.7 Å². The molecule has 1 amide bonds. The lowest BCUT2D eigenvalue weighted by atomic mass is 9.91. The van der Waals surface area contributed by atoms with E-state index in [-0.39, 0.29) is 24.4 Å². The number of hydrogen-bond donors (Lipinski definition) is 1. The number of carbonyl (C=O) groups excluding carboxylic acids is 1. The number of nitrogens with zero attached hydrogens (tertiary/aromatic N) is 1. The Morgan fingerprint density at radius 2 is 2.00 bits per heavy atom. The molecule has 1 saturated heterocycles. The molecule has 1 aromatic carbocycles. The fraction of sp³-hybridized carbons (Fsp3) is 0.588. The molecule has 5 heteroatoms. The summed E-state index contributed by atoms with van der Waals surface area (Å²) in [4.78, 5) is 14.3. The Kier molecular flexibility index (Phi) is 7.69. The molecule has 2 rings (SSSR count). The number of benzene rings is 1. The lowest BCUT2D eigenvalue weighted by Crippen LogP contribution is -2.42. The summed E-state index contributed by atoms with van der Waals surface area (Å²) >= 11 is 0. The van der Waals surface area contributed by atoms with Crippen molar-refractivity contribution in [1.82, 2.24) is 4.90 Å². The third-order valence-electron chi connectivity index (χ3n) is 4.44. The monoisotopic (exact) mass is 326 g/mol. The molecule has 0 aromatic heterocycles. The molecule has 124 valence electrons. The van der Waals surface area contributed by atoms with Gasteiger partial charge in [-0.3, -0.25) is 4.79 Å². The van der Waals surface area contributed by atoms with Crippen molar-refractivity contribution in [2.75, 3.05) is 20.2 Å². The molecule has 1 aliphatic rings. The third kappa shape index (κ3) is 4.89. The topological polar surface area (TPSA) is 55.6 Å². The van der Waals surface area contributed by atoms with Crippen LogP contribution in [0, 0.1) is 5.92 Å². The predicted molar refractivity (Wildman–Crippen MR) is 91.5 cm³/mol. The van der Waals surface area contributed by atoms with Crippen LogP contribution in [-0.2, 0) is 11.2 Å². The minimum Gasteiger partial charge on any atom is -0.496 e. The van der Waals surface area contributed by atoms with Gasteiger partial charge in [-0.2, -0.15) is 0 Å². The number of rotatable bonds is 5. The summed E-state index contributed by atoms with van der Waals surface area (Å²) in [6.45, 7) is 3.75. The van der Waals surface area contributed by atoms with Crippen LogP contribution < -0.4 is 10.5 Å². The summed E-state index contributed by atoms with van der Waals surface area (Å²) in [5, 5.41) is 0. The normalized spacial score (nSPS) is 16.8. The summed E-state index contributed by atoms with van der Waals surface area (Å²) in [6.07, 6.45) is 3.33. The third-order valence-corrected chi connectivity index (χ3v) is 4.44. The second kappa shape index (κ2) is 9.01. The van der Waals surface area contributed by atoms with Crippen LogP contribution in [0.5, 0.6) is 5.75 Å². The Labute approximate surface area is 139 Å². The number of methoxy groups -OCH3 is 1. The van der Waals surface area contributed by atoms with Crippen molar-refractivity contribution in [2.24, 2.45) is 11.7 Å². The Bertz CT molecular complexity index is 471. The first kappa shape index (κ1) is 18.8. The summed E-state index contributed by atoms with van der Waals surface area (Å²) in [5.41, 5.74) is 7.03. The van der Waals surface area contributed by atoms with Crippen LogP contribution in [0.2, 0.25) is 0 Å². The summed E-state index contributed by atoms with van der Waals surface area (Å²) < 4.78 is 5.32. The SMILES string of the molecule is COc1ccccc1CCC(=O)N1CCC(C(C)N)CC1.Cl. The molecule has 2 N–H and O–H groups in total. The zero-order valence-corrected chi connectivity index (χ0v) is 14.3. The number of hydrogen-bond acceptors (Lipinski definition) is 3. The van der Waals surface area contributed by atoms with Crippen molar-refractivity contribution < 1.29 is 9.53 Å². The smallest absolute Gasteiger partial charge is 0.222 e. The van der Waals surface area contributed by atoms with E-state index in [0.29, 0.717) is 12.3 Å². The zero-order chi connectivity index (χ0) is 15.2. The molecule has 1 fully saturated rings. The zero-order valence-electron chi connectivity index (χ0n) is 13.5. The van der Waals surface area contributed by atoms with E-state index < -0.39 is 0 Å². The molecule has 1 atom stereocenters. The minimum atomic E-state index is 0. The standard InChI is InChI=1S/C17H26N2O2.ClH/c1-13(18)14-9-11-19(12-10-14)17(20)8-7-15-5-3-4-6-16(15)21-2;/h3-6,13-14H,7-12,18H2,1-2H3;1H. The van der Waals surface area contributed by atoms with E-state index in [1.165, 1.54) is 0 Å². The number of carbonyl (C=O) groups is 1. The first-order valence-electron chi connectivity index (χ1n) is 7.77. The molecule has 1 heterocycles. The molecule has 1 aromatic rings. The number of halogens is 1. The first-order valence-corrected chi connectivity index (χ1v) is 7.77. The maximum atomic E-state index is 12.3. The second-order valence-electron chi connectivity index (χ2n) is 5.89. The fourth-order valence-electron chi connectivity index (χ4n) is 2.98. The van der Waals surface area contributed by atoms with E-state index in [1.807, 2.05) is 29.2 Å². The average molecular weight is 327 g/mol. The Balaban J connectivity index is 0.00000242. The van der Waals surface area contributed by atoms with Gasteiger partial charge in [0, 0.05) is 25.6 Å². The van der Waals surface area contributed by atoms with Crippen molar-refractivity contribution in [3.8, 4) is 5.75 Å². The summed E-state index contributed by atoms with van der Waals surface area (Å²) in [5.74, 6) is 1.66. The van der Waals surface area contributed by atoms with Crippen LogP contribution in [0.15, 0.2) is 24.3 Å². The van der Waals surface area contributed by atoms with Gasteiger partial charge in [0.05, 0.1) is 7.11 Å². The van der Waals surface area contributed by atoms with Crippen LogP contribution in [0.4, 0.5) is 0 Å². The molecule has 0 spiro atoms. The number of amides is 1. The van der Waals surface area contributed by atoms with Gasteiger partial charge in [0.2, 0.25) is 5.91 Å². The number of aryl methyl sites for hydroxylation is 1. The van der Waals surface area contributed by atoms with E-state index in [2.05, 4.69) is 6.92 Å². The van der Waals surface area contributed by atoms with Gasteiger partial charge in [-0.05, 0) is 43.7 Å². The van der Waals surface area contributed by atoms with Crippen molar-refractivity contribution in [2.45, 2.75) is 38.6 Å². The van der Waals surface area contributed by atoms with E-state index in [9.17, 15) is 4.79 Å². The minimum absolute atomic E-state index is 0. The number of likely N-dealkylation sites (tertiary alicyclic amines) is 1. The first-order chi connectivity index (χ1) is 10.1. The van der Waals surface area contributed by atoms with Gasteiger partial charge in [0.1, 0.15) is 5.75 Å². The number of nitrogens with two attached hydrogens (primary N) is 1. The van der Waals surface area contributed by atoms with Crippen molar-refractivity contribution in [1.29, 1.82) is 0 Å². The van der Waals surface area contributed by atoms with Crippen molar-refractivity contribution in [3.05, 3.63) is 29.8 Å². The highest BCUT2D eigenvalue weighted by molar-refractivity contribution is 5.85. The second-order valence-corrected chi connectivity index (χ2v) is 5.89. The van der Waals surface area contributed by atoms with E-state index in [4.69, 9.17) is 10.5 Å². The van der Waals surface area contributed by atoms with Gasteiger partial charge in [-0.15, -0.1) is 12.4 Å². The van der Waals surface area contributed by atoms with Gasteiger partial charge in [-0.25, -0.2) is 0 Å². The summed E-state index contributed by atoms with van der Waals surface area (Å²) in [7, 11) is 1.67. The quantitative estimate of drug-likeness (QED) is 0.905. The predicted octanol–water partition coefficient (Wildman–Crippen LogP) is 2.64. The Hall–Kier alpha value is -1.26. The molecule has 0 radical (unpaired) electrons. The number of ether oxygens (including phenoxy) is 1. The molecular formula is C17H27ClN2O2. The van der Waals surface area contributed by atoms with Crippen LogP contribution in [-0.4, -0.2) is 37.0 Å². The van der Waals surface area contributed by atoms with Gasteiger partial charge >= 0.3 is 0 Å². The molecule has 4 nitrogen and oxygen atoms in total. The largest absolute Gasteiger partial charge is 0.496 e. The van der Waals surface area contributed by atoms with Crippen LogP contribution in [0.25, 0.3) is 0 Å². The van der Waals surface area contributed by atoms with Gasteiger partial charge in [0.25, 0.3) is 0 Å². The molecule has 1 aliphatic heterocycles. The Morgan fingerprint density at radius 3 is 2.59 bits per heavy atom. The maximum Gasteiger partial charge on any atom is 0.222 e. The van der Waals surface area contributed by atoms with Crippen molar-refractivity contribution in [3.63, 3.8) is 0 Å². The van der Waals surface area contributed by atoms with Crippen molar-refractivity contribution >= 4 is 18.3 Å². The average Bonchev–Trinajstić information content (AvgIpc) is 2.52. The maximum absolute atomic E-state index is 12.3. The number of piperidine rings is 1. The highest BCUT2D eigenvalue weighted by atomic mass is 35.5. The van der Waals surface area contributed by atoms with Crippen LogP contribution in [0.3, 0.4) is 0 Å². The highest BCUT2D eigenvalue weighted by Gasteiger charge is 2.24. The van der Waals surface area contributed by atoms with Gasteiger partial charge in [-0.1, -0.05) is 18.2 Å². The lowest BCUT2D eigenvalue weighted by molar-refractivity contribution is -0.132. The molecule has 0 aliphatic carbocycles. The van der Waals surface area contributed by atoms with Gasteiger partial charge in [0.15, 0.2) is 0 Å². The van der Waals surface area contributed by atoms with Gasteiger partial charge < -0.3 is 15.4 Å². The number of para-hydroxylation sites is 1. The molecule has 1 unspecified atom stereocenters. The molecule has 0 saturated carbocycles. The molecule has 22 heavy (non-hydrogen) atoms. The highest BCUT2D eigenvalue weighted by Crippen LogP contribution is 2.22. The van der Waals surface area contributed by atoms with E-state index in [1.54, 1.807) is 7.11 Å². The summed E-state index contributed by atoms with van der Waals surface area (Å²) in [6, 6.07) is 8.12. The lowest BCUT2D eigenvalue weighted by Gasteiger charge is -2.33.